The number of hydrogen-bond donors (Lipinski definition) is 0. The van der Waals surface area contributed by atoms with Gasteiger partial charge >= 0.3 is 53.1 Å². The monoisotopic (exact) mass is 390 g/mol. The summed E-state index contributed by atoms with van der Waals surface area (Å²) in [6, 6.07) is 0. The average Bonchev–Trinajstić information content (AvgIpc) is 0.811. The normalized spacial score (nSPS) is 11.2. The fourth-order valence-electron chi connectivity index (χ4n) is 0. The minimum atomic E-state index is -1.03. The Bertz CT molecular complexity index is 8.00. The van der Waals surface area contributed by atoms with Gasteiger partial charge < -0.3 is 0 Å². The molecule has 0 aliphatic heterocycles. The third-order valence-electron chi connectivity index (χ3n) is 0. The van der Waals surface area contributed by atoms with Crippen LogP contribution in [-0.4, -0.2) is 0 Å². The van der Waals surface area contributed by atoms with Gasteiger partial charge in [0.25, 0.3) is 0 Å². The molecule has 0 spiro atoms. The standard InChI is InChI=1S/3BrH.Eu/h3*1H;/q;;;+3/p-3. The van der Waals surface area contributed by atoms with Crippen molar-refractivity contribution in [3.63, 3.8) is 0 Å². The zero-order valence-corrected chi connectivity index (χ0v) is 8.69. The van der Waals surface area contributed by atoms with Crippen LogP contribution in [-0.2, 0) is 0 Å². The molecule has 0 aliphatic carbocycles. The SMILES string of the molecule is [Br][Eu]([Br])[Br]. The van der Waals surface area contributed by atoms with E-state index in [0.717, 1.165) is 0 Å². The van der Waals surface area contributed by atoms with Crippen LogP contribution in [0.4, 0.5) is 0 Å². The van der Waals surface area contributed by atoms with E-state index in [1.807, 2.05) is 0 Å². The summed E-state index contributed by atoms with van der Waals surface area (Å²) in [6.45, 7) is 0. The van der Waals surface area contributed by atoms with Crippen LogP contribution in [0.2, 0.25) is 0 Å². The van der Waals surface area contributed by atoms with Gasteiger partial charge in [-0.15, -0.1) is 0 Å². The Hall–Kier alpha value is 3.02. The maximum absolute atomic E-state index is 3.29. The third-order valence-corrected chi connectivity index (χ3v) is 0. The topological polar surface area (TPSA) is 0 Å². The van der Waals surface area contributed by atoms with Crippen molar-refractivity contribution < 1.29 is 31.9 Å². The van der Waals surface area contributed by atoms with Crippen molar-refractivity contribution in [2.45, 2.75) is 0 Å². The van der Waals surface area contributed by atoms with Crippen LogP contribution in [0.15, 0.2) is 0 Å². The number of rotatable bonds is 0. The Labute approximate surface area is 50.7 Å². The van der Waals surface area contributed by atoms with Gasteiger partial charge in [0.15, 0.2) is 0 Å². The van der Waals surface area contributed by atoms with E-state index >= 15 is 0 Å². The predicted molar refractivity (Wildman–Crippen MR) is 26.8 cm³/mol. The van der Waals surface area contributed by atoms with Crippen molar-refractivity contribution in [2.75, 3.05) is 0 Å². The molecule has 0 unspecified atom stereocenters. The molecule has 0 heterocycles. The molecule has 0 aromatic heterocycles. The zero-order chi connectivity index (χ0) is 3.58. The summed E-state index contributed by atoms with van der Waals surface area (Å²) in [5.41, 5.74) is 0. The van der Waals surface area contributed by atoms with E-state index in [0.29, 0.717) is 0 Å². The summed E-state index contributed by atoms with van der Waals surface area (Å²) >= 11 is -1.03. The Morgan fingerprint density at radius 2 is 1.00 bits per heavy atom. The Morgan fingerprint density at radius 3 is 1.00 bits per heavy atom. The molecule has 0 rings (SSSR count). The van der Waals surface area contributed by atoms with Crippen molar-refractivity contribution in [1.82, 2.24) is 0 Å². The molecule has 0 amide bonds. The first-order valence-corrected chi connectivity index (χ1v) is 16.5. The van der Waals surface area contributed by atoms with Crippen molar-refractivity contribution in [1.29, 1.82) is 0 Å². The Morgan fingerprint density at radius 1 is 1.00 bits per heavy atom. The van der Waals surface area contributed by atoms with Crippen molar-refractivity contribution in [3.05, 3.63) is 0 Å². The third kappa shape index (κ3) is 8.90. The fourth-order valence-corrected chi connectivity index (χ4v) is 0. The molecule has 0 saturated carbocycles. The van der Waals surface area contributed by atoms with Gasteiger partial charge in [0, 0.05) is 0 Å². The van der Waals surface area contributed by atoms with E-state index in [9.17, 15) is 0 Å². The molecule has 0 aromatic carbocycles. The summed E-state index contributed by atoms with van der Waals surface area (Å²) in [4.78, 5) is 0. The zero-order valence-electron chi connectivity index (χ0n) is 1.51. The fraction of sp³-hybridized carbons (Fsp3) is 0. The first-order valence-electron chi connectivity index (χ1n) is 0.429. The Kier molecular flexibility index (Phi) is 7.36. The van der Waals surface area contributed by atoms with E-state index in [4.69, 9.17) is 0 Å². The molecule has 0 nitrogen and oxygen atoms in total. The Balaban J connectivity index is 2.32. The molecule has 0 bridgehead atoms. The first kappa shape index (κ1) is 7.02. The number of hydrogen-bond acceptors (Lipinski definition) is 0. The average molecular weight is 392 g/mol. The van der Waals surface area contributed by atoms with Gasteiger partial charge in [0.1, 0.15) is 0 Å². The van der Waals surface area contributed by atoms with E-state index < -0.39 is 31.9 Å². The molecule has 0 saturated heterocycles. The summed E-state index contributed by atoms with van der Waals surface area (Å²) in [6.07, 6.45) is 0. The van der Waals surface area contributed by atoms with Crippen molar-refractivity contribution >= 4 is 21.2 Å². The second-order valence-corrected chi connectivity index (χ2v) is 32.4. The van der Waals surface area contributed by atoms with E-state index in [2.05, 4.69) is 21.2 Å². The maximum atomic E-state index is 3.29. The van der Waals surface area contributed by atoms with Gasteiger partial charge in [0.05, 0.1) is 0 Å². The molecule has 4 heavy (non-hydrogen) atoms. The van der Waals surface area contributed by atoms with Gasteiger partial charge in [-0.05, 0) is 0 Å². The molecular weight excluding hydrogens is 392 g/mol. The van der Waals surface area contributed by atoms with E-state index in [-0.39, 0.29) is 0 Å². The minimum absolute atomic E-state index is 1.03. The summed E-state index contributed by atoms with van der Waals surface area (Å²) in [5, 5.41) is 0. The second kappa shape index (κ2) is 4.19. The molecular formula is Br3Eu. The van der Waals surface area contributed by atoms with E-state index in [1.54, 1.807) is 0 Å². The van der Waals surface area contributed by atoms with Crippen LogP contribution in [0.3, 0.4) is 0 Å². The van der Waals surface area contributed by atoms with Gasteiger partial charge in [0.2, 0.25) is 0 Å². The molecule has 0 aromatic rings. The van der Waals surface area contributed by atoms with Gasteiger partial charge in [-0.25, -0.2) is 0 Å². The first-order chi connectivity index (χ1) is 1.73. The number of halogens is 3. The molecule has 28 valence electrons. The van der Waals surface area contributed by atoms with Crippen LogP contribution < -0.4 is 0 Å². The quantitative estimate of drug-likeness (QED) is 0.595. The van der Waals surface area contributed by atoms with Gasteiger partial charge in [-0.2, -0.15) is 0 Å². The summed E-state index contributed by atoms with van der Waals surface area (Å²) in [5.74, 6) is 0. The van der Waals surface area contributed by atoms with Crippen LogP contribution in [0.1, 0.15) is 0 Å². The van der Waals surface area contributed by atoms with Crippen LogP contribution in [0, 0.1) is 31.9 Å². The molecule has 4 heteroatoms. The van der Waals surface area contributed by atoms with Crippen molar-refractivity contribution in [2.24, 2.45) is 0 Å². The molecule has 0 aliphatic rings. The van der Waals surface area contributed by atoms with Crippen LogP contribution in [0.25, 0.3) is 0 Å². The van der Waals surface area contributed by atoms with Crippen LogP contribution >= 0.6 is 21.2 Å². The van der Waals surface area contributed by atoms with Crippen molar-refractivity contribution in [3.8, 4) is 0 Å². The summed E-state index contributed by atoms with van der Waals surface area (Å²) < 4.78 is 0. The predicted octanol–water partition coefficient (Wildman–Crippen LogP) is 2.54. The molecule has 0 fully saturated rings. The second-order valence-electron chi connectivity index (χ2n) is 0.162. The molecule has 0 radical (unpaired) electrons. The summed E-state index contributed by atoms with van der Waals surface area (Å²) in [7, 11) is 9.87. The molecule has 0 atom stereocenters. The molecule has 0 N–H and O–H groups in total. The van der Waals surface area contributed by atoms with E-state index in [1.165, 1.54) is 0 Å². The van der Waals surface area contributed by atoms with Gasteiger partial charge in [-0.3, -0.25) is 0 Å². The van der Waals surface area contributed by atoms with Gasteiger partial charge in [-0.1, -0.05) is 0 Å². The van der Waals surface area contributed by atoms with Crippen LogP contribution in [0.5, 0.6) is 0 Å².